The number of benzene rings is 1. The maximum Gasteiger partial charge on any atom is 0.227 e. The quantitative estimate of drug-likeness (QED) is 0.859. The first-order valence-electron chi connectivity index (χ1n) is 7.75. The zero-order chi connectivity index (χ0) is 16.0. The van der Waals surface area contributed by atoms with Crippen LogP contribution >= 0.6 is 11.8 Å². The molecule has 4 rings (SSSR count). The largest absolute Gasteiger partial charge is 0.328 e. The van der Waals surface area contributed by atoms with Gasteiger partial charge in [-0.25, -0.2) is 4.68 Å². The van der Waals surface area contributed by atoms with Gasteiger partial charge < -0.3 is 5.32 Å². The Bertz CT molecular complexity index is 811. The van der Waals surface area contributed by atoms with Gasteiger partial charge in [0.1, 0.15) is 5.78 Å². The van der Waals surface area contributed by atoms with Crippen molar-refractivity contribution in [2.45, 2.75) is 31.0 Å². The first-order valence-corrected chi connectivity index (χ1v) is 8.97. The molecule has 2 atom stereocenters. The van der Waals surface area contributed by atoms with E-state index in [2.05, 4.69) is 40.5 Å². The Morgan fingerprint density at radius 1 is 1.35 bits per heavy atom. The van der Waals surface area contributed by atoms with Crippen molar-refractivity contribution in [3.63, 3.8) is 0 Å². The van der Waals surface area contributed by atoms with E-state index in [1.165, 1.54) is 17.3 Å². The summed E-state index contributed by atoms with van der Waals surface area (Å²) in [4.78, 5) is 17.2. The number of fused-ring (bicyclic) bond motifs is 2. The van der Waals surface area contributed by atoms with E-state index in [1.807, 2.05) is 23.1 Å². The van der Waals surface area contributed by atoms with Gasteiger partial charge in [-0.2, -0.15) is 4.98 Å². The van der Waals surface area contributed by atoms with Crippen LogP contribution < -0.4 is 5.32 Å². The van der Waals surface area contributed by atoms with Crippen molar-refractivity contribution in [3.05, 3.63) is 47.2 Å². The van der Waals surface area contributed by atoms with Gasteiger partial charge in [0.25, 0.3) is 0 Å². The number of rotatable bonds is 2. The molecule has 0 radical (unpaired) electrons. The van der Waals surface area contributed by atoms with Gasteiger partial charge in [0.2, 0.25) is 11.1 Å². The second kappa shape index (κ2) is 5.53. The van der Waals surface area contributed by atoms with Crippen LogP contribution in [0.2, 0.25) is 0 Å². The summed E-state index contributed by atoms with van der Waals surface area (Å²) in [5.41, 5.74) is 3.28. The molecule has 23 heavy (non-hydrogen) atoms. The van der Waals surface area contributed by atoms with E-state index >= 15 is 0 Å². The molecular weight excluding hydrogens is 308 g/mol. The monoisotopic (exact) mass is 326 g/mol. The molecule has 1 aliphatic carbocycles. The minimum Gasteiger partial charge on any atom is -0.328 e. The van der Waals surface area contributed by atoms with Gasteiger partial charge in [0, 0.05) is 12.1 Å². The molecule has 0 bridgehead atoms. The highest BCUT2D eigenvalue weighted by molar-refractivity contribution is 7.98. The Kier molecular flexibility index (Phi) is 3.49. The van der Waals surface area contributed by atoms with Crippen LogP contribution in [0, 0.1) is 12.8 Å². The normalized spacial score (nSPS) is 22.9. The van der Waals surface area contributed by atoms with Crippen LogP contribution in [0.5, 0.6) is 0 Å². The molecule has 2 aromatic rings. The summed E-state index contributed by atoms with van der Waals surface area (Å²) in [6.45, 7) is 2.08. The number of hydrogen-bond acceptors (Lipinski definition) is 5. The molecule has 5 nitrogen and oxygen atoms in total. The number of thioether (sulfide) groups is 1. The molecule has 0 fully saturated rings. The molecule has 1 aromatic heterocycles. The van der Waals surface area contributed by atoms with Gasteiger partial charge in [-0.1, -0.05) is 42.1 Å². The highest BCUT2D eigenvalue weighted by Gasteiger charge is 2.41. The third-order valence-corrected chi connectivity index (χ3v) is 5.11. The topological polar surface area (TPSA) is 59.8 Å². The van der Waals surface area contributed by atoms with Crippen molar-refractivity contribution in [2.75, 3.05) is 11.6 Å². The van der Waals surface area contributed by atoms with E-state index in [4.69, 9.17) is 0 Å². The first kappa shape index (κ1) is 14.5. The number of allylic oxidation sites excluding steroid dienone is 2. The second-order valence-corrected chi connectivity index (χ2v) is 6.71. The lowest BCUT2D eigenvalue weighted by atomic mass is 9.80. The van der Waals surface area contributed by atoms with Gasteiger partial charge >= 0.3 is 0 Å². The molecule has 0 spiro atoms. The maximum atomic E-state index is 12.7. The van der Waals surface area contributed by atoms with E-state index < -0.39 is 0 Å². The van der Waals surface area contributed by atoms with Crippen LogP contribution in [-0.4, -0.2) is 26.8 Å². The van der Waals surface area contributed by atoms with Crippen LogP contribution in [0.3, 0.4) is 0 Å². The molecule has 2 heterocycles. The molecule has 1 N–H and O–H groups in total. The van der Waals surface area contributed by atoms with Gasteiger partial charge in [-0.15, -0.1) is 5.10 Å². The fraction of sp³-hybridized carbons (Fsp3) is 0.353. The van der Waals surface area contributed by atoms with Crippen molar-refractivity contribution < 1.29 is 4.79 Å². The number of anilines is 1. The third-order valence-electron chi connectivity index (χ3n) is 4.57. The standard InChI is InChI=1S/C17H18N4OS/c1-10-6-3-4-7-11(10)15-14-12(8-5-9-13(14)22)18-16-19-17(23-2)20-21(15)16/h3-4,6-8,14-15H,5,9H2,1-2H3,(H,18,19,20)/t14-,15-/m1/s1. The van der Waals surface area contributed by atoms with Gasteiger partial charge in [0.15, 0.2) is 0 Å². The summed E-state index contributed by atoms with van der Waals surface area (Å²) in [7, 11) is 0. The van der Waals surface area contributed by atoms with Crippen LogP contribution in [0.25, 0.3) is 0 Å². The molecule has 0 saturated carbocycles. The minimum atomic E-state index is -0.200. The fourth-order valence-corrected chi connectivity index (χ4v) is 3.82. The van der Waals surface area contributed by atoms with Crippen LogP contribution in [0.15, 0.2) is 41.2 Å². The Balaban J connectivity index is 1.94. The number of hydrogen-bond donors (Lipinski definition) is 1. The molecule has 0 saturated heterocycles. The number of ketones is 1. The summed E-state index contributed by atoms with van der Waals surface area (Å²) in [5, 5.41) is 8.66. The Morgan fingerprint density at radius 2 is 2.17 bits per heavy atom. The number of aryl methyl sites for hydroxylation is 1. The van der Waals surface area contributed by atoms with Gasteiger partial charge in [0.05, 0.1) is 12.0 Å². The summed E-state index contributed by atoms with van der Waals surface area (Å²) in [5.74, 6) is 0.795. The zero-order valence-corrected chi connectivity index (χ0v) is 13.9. The third kappa shape index (κ3) is 2.28. The van der Waals surface area contributed by atoms with E-state index in [0.29, 0.717) is 6.42 Å². The Labute approximate surface area is 139 Å². The molecule has 0 unspecified atom stereocenters. The van der Waals surface area contributed by atoms with Crippen molar-refractivity contribution in [3.8, 4) is 0 Å². The number of carbonyl (C=O) groups excluding carboxylic acids is 1. The lowest BCUT2D eigenvalue weighted by Crippen LogP contribution is -2.39. The van der Waals surface area contributed by atoms with E-state index in [-0.39, 0.29) is 17.7 Å². The van der Waals surface area contributed by atoms with Crippen LogP contribution in [0.1, 0.15) is 30.0 Å². The summed E-state index contributed by atoms with van der Waals surface area (Å²) >= 11 is 1.51. The average molecular weight is 326 g/mol. The highest BCUT2D eigenvalue weighted by atomic mass is 32.2. The molecule has 2 aliphatic rings. The smallest absolute Gasteiger partial charge is 0.227 e. The second-order valence-electron chi connectivity index (χ2n) is 5.94. The number of carbonyl (C=O) groups is 1. The summed E-state index contributed by atoms with van der Waals surface area (Å²) in [6.07, 6.45) is 5.48. The summed E-state index contributed by atoms with van der Waals surface area (Å²) < 4.78 is 1.89. The van der Waals surface area contributed by atoms with Crippen molar-refractivity contribution >= 4 is 23.5 Å². The first-order chi connectivity index (χ1) is 11.2. The highest BCUT2D eigenvalue weighted by Crippen LogP contribution is 2.42. The SMILES string of the molecule is CSc1nc2n(n1)[C@H](c1ccccc1C)[C@H]1C(=O)CCC=C1N2. The van der Waals surface area contributed by atoms with E-state index in [9.17, 15) is 4.79 Å². The Morgan fingerprint density at radius 3 is 2.96 bits per heavy atom. The average Bonchev–Trinajstić information content (AvgIpc) is 2.97. The predicted molar refractivity (Wildman–Crippen MR) is 90.6 cm³/mol. The molecule has 1 aromatic carbocycles. The van der Waals surface area contributed by atoms with Crippen molar-refractivity contribution in [1.29, 1.82) is 0 Å². The van der Waals surface area contributed by atoms with Crippen molar-refractivity contribution in [2.24, 2.45) is 5.92 Å². The minimum absolute atomic E-state index is 0.125. The lowest BCUT2D eigenvalue weighted by molar-refractivity contribution is -0.123. The predicted octanol–water partition coefficient (Wildman–Crippen LogP) is 3.19. The van der Waals surface area contributed by atoms with Gasteiger partial charge in [-0.05, 0) is 30.7 Å². The number of aromatic nitrogens is 3. The zero-order valence-electron chi connectivity index (χ0n) is 13.1. The molecular formula is C17H18N4OS. The number of nitrogens with one attached hydrogen (secondary N) is 1. The summed E-state index contributed by atoms with van der Waals surface area (Å²) in [6, 6.07) is 8.09. The van der Waals surface area contributed by atoms with Gasteiger partial charge in [-0.3, -0.25) is 4.79 Å². The molecule has 6 heteroatoms. The van der Waals surface area contributed by atoms with E-state index in [0.717, 1.165) is 28.8 Å². The lowest BCUT2D eigenvalue weighted by Gasteiger charge is -2.36. The number of nitrogens with zero attached hydrogens (tertiary/aromatic N) is 3. The molecule has 1 aliphatic heterocycles. The molecule has 118 valence electrons. The Hall–Kier alpha value is -2.08. The van der Waals surface area contributed by atoms with Crippen LogP contribution in [-0.2, 0) is 4.79 Å². The molecule has 0 amide bonds. The van der Waals surface area contributed by atoms with Crippen LogP contribution in [0.4, 0.5) is 5.95 Å². The fourth-order valence-electron chi connectivity index (χ4n) is 3.47. The van der Waals surface area contributed by atoms with Crippen molar-refractivity contribution in [1.82, 2.24) is 14.8 Å². The maximum absolute atomic E-state index is 12.7. The number of Topliss-reactive ketones (excluding diaryl/α,β-unsaturated/α-hetero) is 1. The van der Waals surface area contributed by atoms with E-state index in [1.54, 1.807) is 0 Å².